The normalized spacial score (nSPS) is 11.8. The van der Waals surface area contributed by atoms with E-state index in [1.165, 1.54) is 19.1 Å². The first-order valence-corrected chi connectivity index (χ1v) is 8.06. The first-order chi connectivity index (χ1) is 12.9. The Kier molecular flexibility index (Phi) is 6.60. The molecule has 0 fully saturated rings. The van der Waals surface area contributed by atoms with E-state index in [0.29, 0.717) is 11.3 Å². The minimum Gasteiger partial charge on any atom is -0.480 e. The number of carbonyl (C=O) groups is 2. The molecule has 1 amide bonds. The van der Waals surface area contributed by atoms with E-state index in [0.717, 1.165) is 5.56 Å². The Labute approximate surface area is 157 Å². The number of benzene rings is 2. The summed E-state index contributed by atoms with van der Waals surface area (Å²) in [5, 5.41) is 20.7. The van der Waals surface area contributed by atoms with E-state index in [1.54, 1.807) is 36.4 Å². The maximum atomic E-state index is 12.1. The molecule has 0 unspecified atom stereocenters. The van der Waals surface area contributed by atoms with Crippen molar-refractivity contribution in [2.45, 2.75) is 19.1 Å². The summed E-state index contributed by atoms with van der Waals surface area (Å²) in [5.41, 5.74) is 7.99. The fraction of sp³-hybridized carbons (Fsp3) is 0.143. The second-order valence-corrected chi connectivity index (χ2v) is 5.73. The Morgan fingerprint density at radius 3 is 1.89 bits per heavy atom. The van der Waals surface area contributed by atoms with Crippen LogP contribution in [0.4, 0.5) is 5.69 Å². The number of hydrogen-bond acceptors (Lipinski definition) is 4. The number of hydrogen-bond donors (Lipinski definition) is 4. The Morgan fingerprint density at radius 1 is 0.963 bits per heavy atom. The molecule has 0 heterocycles. The molecule has 2 aromatic rings. The van der Waals surface area contributed by atoms with Crippen LogP contribution in [0.15, 0.2) is 48.5 Å². The van der Waals surface area contributed by atoms with Crippen molar-refractivity contribution in [1.82, 2.24) is 5.32 Å². The molecule has 0 aliphatic carbocycles. The lowest BCUT2D eigenvalue weighted by atomic mass is 10.1. The summed E-state index contributed by atoms with van der Waals surface area (Å²) < 4.78 is 0. The number of nitrogen functional groups attached to an aromatic ring is 1. The molecule has 2 aromatic carbocycles. The van der Waals surface area contributed by atoms with Gasteiger partial charge in [0.2, 0.25) is 0 Å². The molecule has 27 heavy (non-hydrogen) atoms. The Bertz CT molecular complexity index is 940. The fourth-order valence-electron chi connectivity index (χ4n) is 2.09. The van der Waals surface area contributed by atoms with Gasteiger partial charge in [0.1, 0.15) is 0 Å². The smallest absolute Gasteiger partial charge is 0.328 e. The highest BCUT2D eigenvalue weighted by Gasteiger charge is 2.25. The van der Waals surface area contributed by atoms with Gasteiger partial charge >= 0.3 is 5.97 Å². The molecule has 6 heteroatoms. The predicted octanol–water partition coefficient (Wildman–Crippen LogP) is 1.24. The average Bonchev–Trinajstić information content (AvgIpc) is 2.64. The minimum absolute atomic E-state index is 0.264. The van der Waals surface area contributed by atoms with Crippen LogP contribution < -0.4 is 11.1 Å². The van der Waals surface area contributed by atoms with Gasteiger partial charge in [-0.3, -0.25) is 4.79 Å². The van der Waals surface area contributed by atoms with Gasteiger partial charge in [0.15, 0.2) is 6.04 Å². The SMILES string of the molecule is C[C@@H](O)[C@H](NC(=O)c1ccc(C#CC#Cc2ccc(N)cc2)cc1)C(=O)O. The number of aliphatic hydroxyl groups excluding tert-OH is 1. The monoisotopic (exact) mass is 362 g/mol. The van der Waals surface area contributed by atoms with Gasteiger partial charge in [0.25, 0.3) is 5.91 Å². The van der Waals surface area contributed by atoms with Crippen LogP contribution in [0.1, 0.15) is 28.4 Å². The van der Waals surface area contributed by atoms with E-state index < -0.39 is 24.0 Å². The van der Waals surface area contributed by atoms with E-state index in [4.69, 9.17) is 10.8 Å². The Balaban J connectivity index is 2.02. The van der Waals surface area contributed by atoms with Crippen LogP contribution >= 0.6 is 0 Å². The number of amides is 1. The summed E-state index contributed by atoms with van der Waals surface area (Å²) in [6.45, 7) is 1.29. The van der Waals surface area contributed by atoms with E-state index >= 15 is 0 Å². The largest absolute Gasteiger partial charge is 0.480 e. The number of rotatable bonds is 4. The first kappa shape index (κ1) is 19.6. The molecule has 0 spiro atoms. The predicted molar refractivity (Wildman–Crippen MR) is 102 cm³/mol. The van der Waals surface area contributed by atoms with Gasteiger partial charge in [-0.1, -0.05) is 11.8 Å². The molecule has 0 aliphatic rings. The van der Waals surface area contributed by atoms with Gasteiger partial charge in [0.05, 0.1) is 6.10 Å². The number of carboxylic acid groups (broad SMARTS) is 1. The maximum Gasteiger partial charge on any atom is 0.328 e. The third-order valence-corrected chi connectivity index (χ3v) is 3.57. The molecule has 0 aliphatic heterocycles. The quantitative estimate of drug-likeness (QED) is 0.483. The highest BCUT2D eigenvalue weighted by Crippen LogP contribution is 2.05. The van der Waals surface area contributed by atoms with Crippen LogP contribution in [-0.4, -0.2) is 34.2 Å². The number of aliphatic hydroxyl groups is 1. The van der Waals surface area contributed by atoms with E-state index in [9.17, 15) is 14.7 Å². The van der Waals surface area contributed by atoms with Crippen molar-refractivity contribution in [3.05, 3.63) is 65.2 Å². The number of nitrogens with two attached hydrogens (primary N) is 1. The number of carboxylic acids is 1. The van der Waals surface area contributed by atoms with Crippen LogP contribution in [0, 0.1) is 23.7 Å². The Morgan fingerprint density at radius 2 is 1.44 bits per heavy atom. The summed E-state index contributed by atoms with van der Waals surface area (Å²) >= 11 is 0. The van der Waals surface area contributed by atoms with Crippen LogP contribution in [0.25, 0.3) is 0 Å². The average molecular weight is 362 g/mol. The molecule has 5 N–H and O–H groups in total. The fourth-order valence-corrected chi connectivity index (χ4v) is 2.09. The highest BCUT2D eigenvalue weighted by atomic mass is 16.4. The summed E-state index contributed by atoms with van der Waals surface area (Å²) in [6, 6.07) is 12.0. The number of anilines is 1. The molecule has 2 rings (SSSR count). The molecule has 0 bridgehead atoms. The lowest BCUT2D eigenvalue weighted by Crippen LogP contribution is -2.47. The van der Waals surface area contributed by atoms with Crippen molar-refractivity contribution in [3.63, 3.8) is 0 Å². The second-order valence-electron chi connectivity index (χ2n) is 5.73. The molecule has 0 saturated heterocycles. The number of aliphatic carboxylic acids is 1. The van der Waals surface area contributed by atoms with Crippen molar-refractivity contribution >= 4 is 17.6 Å². The molecular formula is C21H18N2O4. The van der Waals surface area contributed by atoms with Gasteiger partial charge in [-0.25, -0.2) is 4.79 Å². The minimum atomic E-state index is -1.37. The Hall–Kier alpha value is -3.74. The van der Waals surface area contributed by atoms with Gasteiger partial charge in [-0.05, 0) is 67.3 Å². The third-order valence-electron chi connectivity index (χ3n) is 3.57. The zero-order valence-electron chi connectivity index (χ0n) is 14.6. The van der Waals surface area contributed by atoms with Gasteiger partial charge in [-0.15, -0.1) is 0 Å². The molecule has 0 radical (unpaired) electrons. The van der Waals surface area contributed by atoms with Gasteiger partial charge < -0.3 is 21.3 Å². The van der Waals surface area contributed by atoms with Crippen LogP contribution in [0.5, 0.6) is 0 Å². The van der Waals surface area contributed by atoms with E-state index in [2.05, 4.69) is 29.0 Å². The van der Waals surface area contributed by atoms with Crippen LogP contribution in [0.2, 0.25) is 0 Å². The van der Waals surface area contributed by atoms with Gasteiger partial charge in [-0.2, -0.15) is 0 Å². The standard InChI is InChI=1S/C21H18N2O4/c1-14(24)19(21(26)27)23-20(25)17-10-6-15(7-11-17)4-2-3-5-16-8-12-18(22)13-9-16/h6-14,19,24H,22H2,1H3,(H,23,25)(H,26,27)/t14-,19+/m1/s1. The van der Waals surface area contributed by atoms with Crippen molar-refractivity contribution in [1.29, 1.82) is 0 Å². The molecule has 0 saturated carbocycles. The lowest BCUT2D eigenvalue weighted by molar-refractivity contribution is -0.141. The van der Waals surface area contributed by atoms with E-state index in [1.807, 2.05) is 0 Å². The van der Waals surface area contributed by atoms with Crippen molar-refractivity contribution in [2.24, 2.45) is 0 Å². The second kappa shape index (κ2) is 9.10. The van der Waals surface area contributed by atoms with E-state index in [-0.39, 0.29) is 5.56 Å². The van der Waals surface area contributed by atoms with Crippen LogP contribution in [-0.2, 0) is 4.79 Å². The highest BCUT2D eigenvalue weighted by molar-refractivity contribution is 5.96. The zero-order valence-corrected chi connectivity index (χ0v) is 14.6. The topological polar surface area (TPSA) is 113 Å². The molecule has 2 atom stereocenters. The van der Waals surface area contributed by atoms with Crippen molar-refractivity contribution < 1.29 is 19.8 Å². The zero-order chi connectivity index (χ0) is 19.8. The van der Waals surface area contributed by atoms with Crippen molar-refractivity contribution in [3.8, 4) is 23.7 Å². The lowest BCUT2D eigenvalue weighted by Gasteiger charge is -2.16. The summed E-state index contributed by atoms with van der Waals surface area (Å²) in [5.74, 6) is 9.31. The molecule has 0 aromatic heterocycles. The summed E-state index contributed by atoms with van der Waals surface area (Å²) in [4.78, 5) is 23.1. The molecule has 136 valence electrons. The maximum absolute atomic E-state index is 12.1. The summed E-state index contributed by atoms with van der Waals surface area (Å²) in [6.07, 6.45) is -1.21. The first-order valence-electron chi connectivity index (χ1n) is 8.06. The number of carbonyl (C=O) groups excluding carboxylic acids is 1. The van der Waals surface area contributed by atoms with Crippen molar-refractivity contribution in [2.75, 3.05) is 5.73 Å². The molecule has 6 nitrogen and oxygen atoms in total. The molecular weight excluding hydrogens is 344 g/mol. The third kappa shape index (κ3) is 5.93. The summed E-state index contributed by atoms with van der Waals surface area (Å²) in [7, 11) is 0. The number of nitrogens with one attached hydrogen (secondary N) is 1. The van der Waals surface area contributed by atoms with Gasteiger partial charge in [0, 0.05) is 22.4 Å². The van der Waals surface area contributed by atoms with Crippen LogP contribution in [0.3, 0.4) is 0 Å².